The van der Waals surface area contributed by atoms with Crippen molar-refractivity contribution in [1.29, 1.82) is 0 Å². The highest BCUT2D eigenvalue weighted by atomic mass is 35.5. The zero-order chi connectivity index (χ0) is 27.2. The lowest BCUT2D eigenvalue weighted by Gasteiger charge is -2.24. The Hall–Kier alpha value is -3.10. The van der Waals surface area contributed by atoms with E-state index in [1.807, 2.05) is 0 Å². The topological polar surface area (TPSA) is 118 Å². The largest absolute Gasteiger partial charge is 0.417 e. The third-order valence-corrected chi connectivity index (χ3v) is 6.92. The van der Waals surface area contributed by atoms with Crippen molar-refractivity contribution in [2.45, 2.75) is 36.3 Å². The van der Waals surface area contributed by atoms with Crippen LogP contribution in [-0.4, -0.2) is 43.3 Å². The molecule has 0 bridgehead atoms. The fourth-order valence-electron chi connectivity index (χ4n) is 3.87. The second-order valence-electron chi connectivity index (χ2n) is 8.44. The lowest BCUT2D eigenvalue weighted by atomic mass is 10.1. The van der Waals surface area contributed by atoms with E-state index in [-0.39, 0.29) is 52.6 Å². The number of aromatic nitrogens is 2. The Bertz CT molecular complexity index is 1480. The van der Waals surface area contributed by atoms with Gasteiger partial charge in [-0.2, -0.15) is 13.2 Å². The molecule has 0 spiro atoms. The number of alkyl halides is 5. The molecule has 4 rings (SSSR count). The second kappa shape index (κ2) is 9.65. The summed E-state index contributed by atoms with van der Waals surface area (Å²) in [6.07, 6.45) is -5.71. The number of nitrogens with one attached hydrogen (secondary N) is 1. The smallest absolute Gasteiger partial charge is 0.354 e. The average molecular weight is 564 g/mol. The molecule has 1 aliphatic heterocycles. The van der Waals surface area contributed by atoms with Crippen molar-refractivity contribution in [2.24, 2.45) is 5.14 Å². The van der Waals surface area contributed by atoms with Gasteiger partial charge in [-0.05, 0) is 36.8 Å². The number of primary sulfonamides is 1. The van der Waals surface area contributed by atoms with Crippen LogP contribution in [-0.2, 0) is 16.2 Å². The minimum atomic E-state index is -4.79. The van der Waals surface area contributed by atoms with Crippen LogP contribution in [0.2, 0.25) is 5.02 Å². The first kappa shape index (κ1) is 26.9. The van der Waals surface area contributed by atoms with Gasteiger partial charge in [0.1, 0.15) is 0 Å². The number of benzene rings is 2. The predicted molar refractivity (Wildman–Crippen MR) is 126 cm³/mol. The Balaban J connectivity index is 1.82. The molecule has 15 heteroatoms. The first-order valence-electron chi connectivity index (χ1n) is 10.8. The van der Waals surface area contributed by atoms with Crippen molar-refractivity contribution in [1.82, 2.24) is 9.97 Å². The van der Waals surface area contributed by atoms with Gasteiger partial charge in [0.25, 0.3) is 5.91 Å². The van der Waals surface area contributed by atoms with Crippen LogP contribution in [0.1, 0.15) is 35.3 Å². The van der Waals surface area contributed by atoms with Crippen LogP contribution in [0.15, 0.2) is 41.3 Å². The molecule has 0 radical (unpaired) electrons. The fraction of sp³-hybridized carbons (Fsp3) is 0.318. The lowest BCUT2D eigenvalue weighted by Crippen LogP contribution is -2.30. The maximum atomic E-state index is 14.0. The number of nitrogens with zero attached hydrogens (tertiary/aromatic N) is 3. The quantitative estimate of drug-likeness (QED) is 0.439. The molecule has 1 aromatic heterocycles. The highest BCUT2D eigenvalue weighted by Gasteiger charge is 2.36. The number of nitrogens with two attached hydrogens (primary N) is 1. The third-order valence-electron chi connectivity index (χ3n) is 5.69. The van der Waals surface area contributed by atoms with E-state index in [0.717, 1.165) is 12.1 Å². The molecule has 37 heavy (non-hydrogen) atoms. The van der Waals surface area contributed by atoms with Crippen LogP contribution >= 0.6 is 11.6 Å². The minimum Gasteiger partial charge on any atom is -0.354 e. The Labute approximate surface area is 212 Å². The van der Waals surface area contributed by atoms with Crippen LogP contribution in [0, 0.1) is 0 Å². The van der Waals surface area contributed by atoms with E-state index in [1.165, 1.54) is 23.1 Å². The van der Waals surface area contributed by atoms with Crippen molar-refractivity contribution in [3.8, 4) is 0 Å². The summed E-state index contributed by atoms with van der Waals surface area (Å²) in [7, 11) is -4.08. The third kappa shape index (κ3) is 6.08. The monoisotopic (exact) mass is 563 g/mol. The minimum absolute atomic E-state index is 0.0252. The van der Waals surface area contributed by atoms with Crippen molar-refractivity contribution in [3.05, 3.63) is 52.7 Å². The van der Waals surface area contributed by atoms with E-state index in [9.17, 15) is 35.2 Å². The normalized spacial score (nSPS) is 16.5. The number of carbonyl (C=O) groups is 1. The first-order chi connectivity index (χ1) is 17.1. The summed E-state index contributed by atoms with van der Waals surface area (Å²) in [6.45, 7) is -0.176. The Morgan fingerprint density at radius 2 is 1.78 bits per heavy atom. The van der Waals surface area contributed by atoms with Gasteiger partial charge < -0.3 is 10.2 Å². The standard InChI is InChI=1S/C22H19ClF5N5O3S/c23-15-11-17-16(10-14(15)22(26,27)28)32-19(33-7-2-5-21(24,25)6-8-33)18(31-17)20(34)30-12-3-1-4-13(9-12)37(29,35)36/h1,3-4,9-11H,2,5-8H2,(H,30,34)(H2,29,35,36). The maximum absolute atomic E-state index is 14.0. The van der Waals surface area contributed by atoms with Gasteiger partial charge >= 0.3 is 6.18 Å². The number of fused-ring (bicyclic) bond motifs is 1. The number of rotatable bonds is 4. The van der Waals surface area contributed by atoms with Crippen LogP contribution in [0.4, 0.5) is 33.5 Å². The summed E-state index contributed by atoms with van der Waals surface area (Å²) in [5, 5.41) is 6.91. The van der Waals surface area contributed by atoms with Crippen molar-refractivity contribution < 1.29 is 35.2 Å². The molecule has 0 unspecified atom stereocenters. The molecule has 3 aromatic rings. The van der Waals surface area contributed by atoms with Crippen LogP contribution in [0.3, 0.4) is 0 Å². The molecular formula is C22H19ClF5N5O3S. The van der Waals surface area contributed by atoms with Gasteiger partial charge in [-0.15, -0.1) is 0 Å². The van der Waals surface area contributed by atoms with Gasteiger partial charge in [0.05, 0.1) is 26.5 Å². The molecule has 1 amide bonds. The number of carbonyl (C=O) groups excluding carboxylic acids is 1. The molecule has 198 valence electrons. The zero-order valence-electron chi connectivity index (χ0n) is 18.8. The van der Waals surface area contributed by atoms with Crippen molar-refractivity contribution >= 4 is 50.1 Å². The van der Waals surface area contributed by atoms with Gasteiger partial charge in [0, 0.05) is 31.6 Å². The van der Waals surface area contributed by atoms with Crippen molar-refractivity contribution in [3.63, 3.8) is 0 Å². The predicted octanol–water partition coefficient (Wildman–Crippen LogP) is 4.83. The molecule has 0 aliphatic carbocycles. The summed E-state index contributed by atoms with van der Waals surface area (Å²) in [5.74, 6) is -4.05. The van der Waals surface area contributed by atoms with Crippen LogP contribution in [0.25, 0.3) is 11.0 Å². The number of hydrogen-bond donors (Lipinski definition) is 2. The van der Waals surface area contributed by atoms with Crippen LogP contribution < -0.4 is 15.4 Å². The number of halogens is 6. The zero-order valence-corrected chi connectivity index (χ0v) is 20.4. The molecular weight excluding hydrogens is 545 g/mol. The molecule has 0 saturated carbocycles. The highest BCUT2D eigenvalue weighted by Crippen LogP contribution is 2.38. The van der Waals surface area contributed by atoms with Gasteiger partial charge in [-0.25, -0.2) is 32.3 Å². The first-order valence-corrected chi connectivity index (χ1v) is 12.7. The second-order valence-corrected chi connectivity index (χ2v) is 10.4. The van der Waals surface area contributed by atoms with Crippen LogP contribution in [0.5, 0.6) is 0 Å². The summed E-state index contributed by atoms with van der Waals surface area (Å²) < 4.78 is 91.4. The highest BCUT2D eigenvalue weighted by molar-refractivity contribution is 7.89. The van der Waals surface area contributed by atoms with E-state index in [2.05, 4.69) is 15.3 Å². The molecule has 0 atom stereocenters. The SMILES string of the molecule is NS(=O)(=O)c1cccc(NC(=O)c2nc3cc(Cl)c(C(F)(F)F)cc3nc2N2CCCC(F)(F)CC2)c1. The number of hydrogen-bond acceptors (Lipinski definition) is 6. The summed E-state index contributed by atoms with van der Waals surface area (Å²) in [5.41, 5.74) is -1.88. The molecule has 1 saturated heterocycles. The molecule has 1 fully saturated rings. The summed E-state index contributed by atoms with van der Waals surface area (Å²) in [6, 6.07) is 6.60. The van der Waals surface area contributed by atoms with Gasteiger partial charge in [-0.1, -0.05) is 17.7 Å². The molecule has 2 heterocycles. The Morgan fingerprint density at radius 1 is 1.08 bits per heavy atom. The van der Waals surface area contributed by atoms with E-state index < -0.39 is 51.5 Å². The molecule has 2 aromatic carbocycles. The maximum Gasteiger partial charge on any atom is 0.417 e. The number of anilines is 2. The molecule has 3 N–H and O–H groups in total. The van der Waals surface area contributed by atoms with Crippen molar-refractivity contribution in [2.75, 3.05) is 23.3 Å². The Morgan fingerprint density at radius 3 is 2.46 bits per heavy atom. The summed E-state index contributed by atoms with van der Waals surface area (Å²) >= 11 is 5.80. The van der Waals surface area contributed by atoms with E-state index >= 15 is 0 Å². The number of amides is 1. The van der Waals surface area contributed by atoms with Gasteiger partial charge in [0.2, 0.25) is 15.9 Å². The average Bonchev–Trinajstić information content (AvgIpc) is 2.97. The van der Waals surface area contributed by atoms with Gasteiger partial charge in [-0.3, -0.25) is 4.79 Å². The number of sulfonamides is 1. The molecule has 1 aliphatic rings. The Kier molecular flexibility index (Phi) is 7.03. The molecule has 8 nitrogen and oxygen atoms in total. The van der Waals surface area contributed by atoms with E-state index in [1.54, 1.807) is 0 Å². The fourth-order valence-corrected chi connectivity index (χ4v) is 4.70. The van der Waals surface area contributed by atoms with E-state index in [4.69, 9.17) is 16.7 Å². The van der Waals surface area contributed by atoms with Gasteiger partial charge in [0.15, 0.2) is 11.5 Å². The lowest BCUT2D eigenvalue weighted by molar-refractivity contribution is -0.137. The summed E-state index contributed by atoms with van der Waals surface area (Å²) in [4.78, 5) is 22.7. The van der Waals surface area contributed by atoms with E-state index in [0.29, 0.717) is 6.07 Å².